The molecule has 0 unspecified atom stereocenters. The molecule has 2 aromatic heterocycles. The van der Waals surface area contributed by atoms with Gasteiger partial charge in [0.1, 0.15) is 5.52 Å². The van der Waals surface area contributed by atoms with Crippen molar-refractivity contribution in [2.75, 3.05) is 0 Å². The Bertz CT molecular complexity index is 1120. The molecule has 5 nitrogen and oxygen atoms in total. The molecule has 26 heavy (non-hydrogen) atoms. The monoisotopic (exact) mass is 385 g/mol. The first kappa shape index (κ1) is 17.1. The van der Waals surface area contributed by atoms with E-state index in [1.54, 1.807) is 22.8 Å². The fourth-order valence-corrected chi connectivity index (χ4v) is 3.85. The van der Waals surface area contributed by atoms with Crippen molar-refractivity contribution in [1.82, 2.24) is 14.5 Å². The first-order chi connectivity index (χ1) is 12.7. The Kier molecular flexibility index (Phi) is 4.70. The van der Waals surface area contributed by atoms with Gasteiger partial charge in [-0.15, -0.1) is 0 Å². The molecule has 0 aliphatic heterocycles. The molecule has 132 valence electrons. The van der Waals surface area contributed by atoms with Crippen LogP contribution in [0.2, 0.25) is 5.02 Å². The Morgan fingerprint density at radius 2 is 2.00 bits per heavy atom. The number of fused-ring (bicyclic) bond motifs is 2. The highest BCUT2D eigenvalue weighted by Crippen LogP contribution is 2.25. The number of para-hydroxylation sites is 2. The molecular formula is C19H16ClN3O2S. The second-order valence-electron chi connectivity index (χ2n) is 5.88. The van der Waals surface area contributed by atoms with Crippen molar-refractivity contribution in [2.45, 2.75) is 30.8 Å². The molecule has 0 saturated carbocycles. The van der Waals surface area contributed by atoms with Crippen LogP contribution in [0.3, 0.4) is 0 Å². The normalized spacial score (nSPS) is 11.5. The zero-order valence-corrected chi connectivity index (χ0v) is 15.7. The minimum absolute atomic E-state index is 0.0476. The van der Waals surface area contributed by atoms with Gasteiger partial charge < -0.3 is 4.42 Å². The summed E-state index contributed by atoms with van der Waals surface area (Å²) in [6.07, 6.45) is 0.844. The first-order valence-electron chi connectivity index (χ1n) is 8.33. The largest absolute Gasteiger partial charge is 0.440 e. The lowest BCUT2D eigenvalue weighted by Crippen LogP contribution is -2.23. The van der Waals surface area contributed by atoms with Crippen LogP contribution in [0.25, 0.3) is 22.0 Å². The standard InChI is InChI=1S/C19H16ClN3O2S/c1-2-9-23-18(24)13-8-7-12(20)10-15(13)22-19(23)26-11-17-21-14-5-3-4-6-16(14)25-17/h3-8,10H,2,9,11H2,1H3. The van der Waals surface area contributed by atoms with E-state index < -0.39 is 0 Å². The first-order valence-corrected chi connectivity index (χ1v) is 9.69. The molecule has 0 radical (unpaired) electrons. The molecule has 0 aliphatic rings. The van der Waals surface area contributed by atoms with Crippen LogP contribution in [-0.4, -0.2) is 14.5 Å². The Morgan fingerprint density at radius 1 is 1.15 bits per heavy atom. The number of benzene rings is 2. The van der Waals surface area contributed by atoms with Crippen LogP contribution >= 0.6 is 23.4 Å². The van der Waals surface area contributed by atoms with Crippen molar-refractivity contribution in [1.29, 1.82) is 0 Å². The number of oxazole rings is 1. The summed E-state index contributed by atoms with van der Waals surface area (Å²) in [6.45, 7) is 2.65. The van der Waals surface area contributed by atoms with Gasteiger partial charge in [0, 0.05) is 11.6 Å². The minimum Gasteiger partial charge on any atom is -0.440 e. The summed E-state index contributed by atoms with van der Waals surface area (Å²) in [7, 11) is 0. The van der Waals surface area contributed by atoms with E-state index in [4.69, 9.17) is 16.0 Å². The summed E-state index contributed by atoms with van der Waals surface area (Å²) in [6, 6.07) is 12.8. The average Bonchev–Trinajstić information content (AvgIpc) is 3.05. The summed E-state index contributed by atoms with van der Waals surface area (Å²) >= 11 is 7.50. The van der Waals surface area contributed by atoms with Gasteiger partial charge in [-0.1, -0.05) is 42.4 Å². The van der Waals surface area contributed by atoms with Gasteiger partial charge in [-0.05, 0) is 36.8 Å². The van der Waals surface area contributed by atoms with E-state index in [-0.39, 0.29) is 5.56 Å². The zero-order valence-electron chi connectivity index (χ0n) is 14.1. The third-order valence-electron chi connectivity index (χ3n) is 3.99. The SMILES string of the molecule is CCCn1c(SCc2nc3ccccc3o2)nc2cc(Cl)ccc2c1=O. The molecule has 0 N–H and O–H groups in total. The van der Waals surface area contributed by atoms with Gasteiger partial charge in [0.15, 0.2) is 10.7 Å². The van der Waals surface area contributed by atoms with Crippen molar-refractivity contribution in [3.05, 3.63) is 63.7 Å². The molecule has 7 heteroatoms. The molecule has 2 aromatic carbocycles. The molecule has 0 atom stereocenters. The second kappa shape index (κ2) is 7.13. The topological polar surface area (TPSA) is 60.9 Å². The van der Waals surface area contributed by atoms with Gasteiger partial charge in [0.25, 0.3) is 5.56 Å². The lowest BCUT2D eigenvalue weighted by atomic mass is 10.2. The van der Waals surface area contributed by atoms with E-state index in [2.05, 4.69) is 9.97 Å². The third kappa shape index (κ3) is 3.22. The maximum atomic E-state index is 12.8. The smallest absolute Gasteiger partial charge is 0.262 e. The number of rotatable bonds is 5. The number of hydrogen-bond acceptors (Lipinski definition) is 5. The van der Waals surface area contributed by atoms with Gasteiger partial charge in [0.05, 0.1) is 16.7 Å². The summed E-state index contributed by atoms with van der Waals surface area (Å²) in [4.78, 5) is 22.0. The lowest BCUT2D eigenvalue weighted by molar-refractivity contribution is 0.553. The molecule has 0 saturated heterocycles. The van der Waals surface area contributed by atoms with Crippen LogP contribution in [0.1, 0.15) is 19.2 Å². The third-order valence-corrected chi connectivity index (χ3v) is 5.19. The molecule has 0 bridgehead atoms. The molecule has 2 heterocycles. The Labute approximate surface area is 159 Å². The van der Waals surface area contributed by atoms with Crippen molar-refractivity contribution < 1.29 is 4.42 Å². The van der Waals surface area contributed by atoms with E-state index in [0.29, 0.717) is 39.3 Å². The van der Waals surface area contributed by atoms with E-state index in [0.717, 1.165) is 17.5 Å². The molecule has 4 rings (SSSR count). The van der Waals surface area contributed by atoms with Crippen molar-refractivity contribution >= 4 is 45.4 Å². The number of aromatic nitrogens is 3. The van der Waals surface area contributed by atoms with Crippen LogP contribution in [0.4, 0.5) is 0 Å². The Hall–Kier alpha value is -2.31. The van der Waals surface area contributed by atoms with Gasteiger partial charge in [-0.2, -0.15) is 0 Å². The van der Waals surface area contributed by atoms with Gasteiger partial charge in [-0.25, -0.2) is 9.97 Å². The maximum absolute atomic E-state index is 12.8. The van der Waals surface area contributed by atoms with Gasteiger partial charge in [-0.3, -0.25) is 9.36 Å². The predicted octanol–water partition coefficient (Wildman–Crippen LogP) is 4.89. The number of thioether (sulfide) groups is 1. The minimum atomic E-state index is -0.0476. The van der Waals surface area contributed by atoms with Crippen molar-refractivity contribution in [3.63, 3.8) is 0 Å². The zero-order chi connectivity index (χ0) is 18.1. The van der Waals surface area contributed by atoms with Gasteiger partial charge >= 0.3 is 0 Å². The quantitative estimate of drug-likeness (QED) is 0.361. The molecule has 0 fully saturated rings. The number of nitrogens with zero attached hydrogens (tertiary/aromatic N) is 3. The molecule has 0 amide bonds. The van der Waals surface area contributed by atoms with E-state index in [9.17, 15) is 4.79 Å². The fraction of sp³-hybridized carbons (Fsp3) is 0.211. The average molecular weight is 386 g/mol. The molecular weight excluding hydrogens is 370 g/mol. The fourth-order valence-electron chi connectivity index (χ4n) is 2.81. The molecule has 0 spiro atoms. The van der Waals surface area contributed by atoms with Crippen molar-refractivity contribution in [3.8, 4) is 0 Å². The van der Waals surface area contributed by atoms with Crippen LogP contribution in [0.15, 0.2) is 56.8 Å². The van der Waals surface area contributed by atoms with Crippen LogP contribution in [0.5, 0.6) is 0 Å². The number of hydrogen-bond donors (Lipinski definition) is 0. The highest BCUT2D eigenvalue weighted by Gasteiger charge is 2.13. The molecule has 0 aliphatic carbocycles. The van der Waals surface area contributed by atoms with Crippen LogP contribution < -0.4 is 5.56 Å². The second-order valence-corrected chi connectivity index (χ2v) is 7.26. The van der Waals surface area contributed by atoms with E-state index in [1.807, 2.05) is 31.2 Å². The predicted molar refractivity (Wildman–Crippen MR) is 105 cm³/mol. The Morgan fingerprint density at radius 3 is 2.81 bits per heavy atom. The summed E-state index contributed by atoms with van der Waals surface area (Å²) in [5, 5.41) is 1.79. The molecule has 4 aromatic rings. The van der Waals surface area contributed by atoms with E-state index in [1.165, 1.54) is 11.8 Å². The van der Waals surface area contributed by atoms with Crippen LogP contribution in [0, 0.1) is 0 Å². The van der Waals surface area contributed by atoms with Crippen molar-refractivity contribution in [2.24, 2.45) is 0 Å². The highest BCUT2D eigenvalue weighted by molar-refractivity contribution is 7.98. The number of halogens is 1. The summed E-state index contributed by atoms with van der Waals surface area (Å²) in [5.74, 6) is 1.11. The van der Waals surface area contributed by atoms with E-state index >= 15 is 0 Å². The highest BCUT2D eigenvalue weighted by atomic mass is 35.5. The van der Waals surface area contributed by atoms with Crippen LogP contribution in [-0.2, 0) is 12.3 Å². The summed E-state index contributed by atoms with van der Waals surface area (Å²) < 4.78 is 7.47. The summed E-state index contributed by atoms with van der Waals surface area (Å²) in [5.41, 5.74) is 2.14. The maximum Gasteiger partial charge on any atom is 0.262 e. The Balaban J connectivity index is 1.71. The lowest BCUT2D eigenvalue weighted by Gasteiger charge is -2.11. The van der Waals surface area contributed by atoms with Gasteiger partial charge in [0.2, 0.25) is 5.89 Å².